The van der Waals surface area contributed by atoms with Gasteiger partial charge in [0.1, 0.15) is 5.76 Å². The maximum atomic E-state index is 10.6. The molecule has 1 N–H and O–H groups in total. The van der Waals surface area contributed by atoms with Crippen LogP contribution in [0.4, 0.5) is 0 Å². The van der Waals surface area contributed by atoms with Gasteiger partial charge in [-0.05, 0) is 12.8 Å². The molecule has 2 rings (SSSR count). The van der Waals surface area contributed by atoms with E-state index in [0.29, 0.717) is 12.8 Å². The summed E-state index contributed by atoms with van der Waals surface area (Å²) in [7, 11) is 0. The fraction of sp³-hybridized carbons (Fsp3) is 0.500. The summed E-state index contributed by atoms with van der Waals surface area (Å²) >= 11 is 0. The summed E-state index contributed by atoms with van der Waals surface area (Å²) in [6.07, 6.45) is 3.64. The van der Waals surface area contributed by atoms with Crippen LogP contribution in [-0.4, -0.2) is 16.2 Å². The number of aryl methyl sites for hydroxylation is 1. The first-order valence-electron chi connectivity index (χ1n) is 3.92. The van der Waals surface area contributed by atoms with Crippen LogP contribution in [0.2, 0.25) is 0 Å². The number of nitrogens with zero attached hydrogens (tertiary/aromatic N) is 1. The van der Waals surface area contributed by atoms with Crippen molar-refractivity contribution in [2.45, 2.75) is 19.3 Å². The van der Waals surface area contributed by atoms with E-state index in [1.807, 2.05) is 0 Å². The van der Waals surface area contributed by atoms with Crippen LogP contribution < -0.4 is 0 Å². The molecule has 1 aliphatic rings. The first kappa shape index (κ1) is 7.34. The number of carbonyl (C=O) groups is 1. The van der Waals surface area contributed by atoms with Crippen molar-refractivity contribution in [3.63, 3.8) is 0 Å². The maximum Gasteiger partial charge on any atom is 0.306 e. The molecule has 0 unspecified atom stereocenters. The Bertz CT molecular complexity index is 305. The third-order valence-corrected chi connectivity index (χ3v) is 2.27. The molecule has 1 aromatic heterocycles. The molecule has 4 heteroatoms. The summed E-state index contributed by atoms with van der Waals surface area (Å²) in [5.74, 6) is -0.281. The maximum absolute atomic E-state index is 10.6. The Morgan fingerprint density at radius 2 is 2.58 bits per heavy atom. The SMILES string of the molecule is O=C(O)[C@H]1CCc2cnoc2C1. The number of aliphatic carboxylic acids is 1. The Labute approximate surface area is 69.2 Å². The summed E-state index contributed by atoms with van der Waals surface area (Å²) in [5.41, 5.74) is 1.06. The molecule has 4 nitrogen and oxygen atoms in total. The Hall–Kier alpha value is -1.32. The normalized spacial score (nSPS) is 21.8. The topological polar surface area (TPSA) is 63.3 Å². The minimum absolute atomic E-state index is 0.287. The zero-order valence-electron chi connectivity index (χ0n) is 6.49. The van der Waals surface area contributed by atoms with Gasteiger partial charge in [0, 0.05) is 12.0 Å². The lowest BCUT2D eigenvalue weighted by Gasteiger charge is -2.15. The minimum atomic E-state index is -0.739. The van der Waals surface area contributed by atoms with E-state index in [-0.39, 0.29) is 5.92 Å². The van der Waals surface area contributed by atoms with E-state index in [1.165, 1.54) is 0 Å². The molecule has 1 aliphatic carbocycles. The molecule has 0 bridgehead atoms. The molecule has 1 aromatic rings. The first-order chi connectivity index (χ1) is 5.77. The molecule has 1 atom stereocenters. The highest BCUT2D eigenvalue weighted by Crippen LogP contribution is 2.24. The van der Waals surface area contributed by atoms with Crippen LogP contribution in [0.3, 0.4) is 0 Å². The summed E-state index contributed by atoms with van der Waals surface area (Å²) in [6.45, 7) is 0. The van der Waals surface area contributed by atoms with Crippen molar-refractivity contribution in [2.75, 3.05) is 0 Å². The molecule has 0 radical (unpaired) electrons. The van der Waals surface area contributed by atoms with E-state index in [4.69, 9.17) is 9.63 Å². The summed E-state index contributed by atoms with van der Waals surface area (Å²) < 4.78 is 4.92. The lowest BCUT2D eigenvalue weighted by atomic mass is 9.89. The van der Waals surface area contributed by atoms with Crippen molar-refractivity contribution >= 4 is 5.97 Å². The molecular weight excluding hydrogens is 158 g/mol. The van der Waals surface area contributed by atoms with Crippen LogP contribution in [0.1, 0.15) is 17.7 Å². The molecule has 0 saturated carbocycles. The fourth-order valence-corrected chi connectivity index (χ4v) is 1.52. The van der Waals surface area contributed by atoms with Gasteiger partial charge in [-0.15, -0.1) is 0 Å². The van der Waals surface area contributed by atoms with Gasteiger partial charge in [-0.1, -0.05) is 5.16 Å². The van der Waals surface area contributed by atoms with Crippen LogP contribution in [0.5, 0.6) is 0 Å². The molecule has 0 aromatic carbocycles. The van der Waals surface area contributed by atoms with Crippen molar-refractivity contribution in [3.05, 3.63) is 17.5 Å². The van der Waals surface area contributed by atoms with Crippen molar-refractivity contribution < 1.29 is 14.4 Å². The third kappa shape index (κ3) is 1.09. The Kier molecular flexibility index (Phi) is 1.60. The predicted molar refractivity (Wildman–Crippen MR) is 39.7 cm³/mol. The third-order valence-electron chi connectivity index (χ3n) is 2.27. The van der Waals surface area contributed by atoms with Crippen molar-refractivity contribution in [1.82, 2.24) is 5.16 Å². The summed E-state index contributed by atoms with van der Waals surface area (Å²) in [4.78, 5) is 10.6. The second kappa shape index (κ2) is 2.62. The lowest BCUT2D eigenvalue weighted by molar-refractivity contribution is -0.142. The number of hydrogen-bond donors (Lipinski definition) is 1. The number of carboxylic acids is 1. The molecule has 0 amide bonds. The van der Waals surface area contributed by atoms with E-state index in [1.54, 1.807) is 6.20 Å². The van der Waals surface area contributed by atoms with E-state index in [0.717, 1.165) is 17.7 Å². The van der Waals surface area contributed by atoms with Gasteiger partial charge in [0.15, 0.2) is 0 Å². The van der Waals surface area contributed by atoms with E-state index in [9.17, 15) is 4.79 Å². The average Bonchev–Trinajstić information content (AvgIpc) is 2.49. The molecule has 0 spiro atoms. The zero-order chi connectivity index (χ0) is 8.55. The van der Waals surface area contributed by atoms with Gasteiger partial charge in [-0.3, -0.25) is 4.79 Å². The second-order valence-corrected chi connectivity index (χ2v) is 3.05. The number of rotatable bonds is 1. The van der Waals surface area contributed by atoms with Gasteiger partial charge in [0.05, 0.1) is 12.1 Å². The standard InChI is InChI=1S/C8H9NO3/c10-8(11)5-1-2-6-4-9-12-7(6)3-5/h4-5H,1-3H2,(H,10,11)/t5-/m0/s1. The summed E-state index contributed by atoms with van der Waals surface area (Å²) in [5, 5.41) is 12.4. The van der Waals surface area contributed by atoms with Crippen molar-refractivity contribution in [2.24, 2.45) is 5.92 Å². The number of aromatic nitrogens is 1. The molecule has 0 fully saturated rings. The molecule has 12 heavy (non-hydrogen) atoms. The molecule has 64 valence electrons. The van der Waals surface area contributed by atoms with Gasteiger partial charge in [0.25, 0.3) is 0 Å². The van der Waals surface area contributed by atoms with Crippen molar-refractivity contribution in [1.29, 1.82) is 0 Å². The first-order valence-corrected chi connectivity index (χ1v) is 3.92. The quantitative estimate of drug-likeness (QED) is 0.673. The molecule has 0 aliphatic heterocycles. The molecular formula is C8H9NO3. The second-order valence-electron chi connectivity index (χ2n) is 3.05. The molecule has 0 saturated heterocycles. The van der Waals surface area contributed by atoms with Crippen LogP contribution in [0.15, 0.2) is 10.7 Å². The van der Waals surface area contributed by atoms with E-state index in [2.05, 4.69) is 5.16 Å². The van der Waals surface area contributed by atoms with Crippen LogP contribution in [-0.2, 0) is 17.6 Å². The van der Waals surface area contributed by atoms with Crippen LogP contribution in [0, 0.1) is 5.92 Å². The highest BCUT2D eigenvalue weighted by Gasteiger charge is 2.26. The largest absolute Gasteiger partial charge is 0.481 e. The van der Waals surface area contributed by atoms with Gasteiger partial charge in [-0.2, -0.15) is 0 Å². The predicted octanol–water partition coefficient (Wildman–Crippen LogP) is 0.864. The van der Waals surface area contributed by atoms with Gasteiger partial charge < -0.3 is 9.63 Å². The van der Waals surface area contributed by atoms with Gasteiger partial charge in [0.2, 0.25) is 0 Å². The average molecular weight is 167 g/mol. The molecule has 1 heterocycles. The number of hydrogen-bond acceptors (Lipinski definition) is 3. The number of carboxylic acid groups (broad SMARTS) is 1. The van der Waals surface area contributed by atoms with Crippen LogP contribution in [0.25, 0.3) is 0 Å². The Balaban J connectivity index is 2.20. The van der Waals surface area contributed by atoms with Gasteiger partial charge in [-0.25, -0.2) is 0 Å². The lowest BCUT2D eigenvalue weighted by Crippen LogP contribution is -2.21. The summed E-state index contributed by atoms with van der Waals surface area (Å²) in [6, 6.07) is 0. The Morgan fingerprint density at radius 1 is 1.75 bits per heavy atom. The Morgan fingerprint density at radius 3 is 3.33 bits per heavy atom. The highest BCUT2D eigenvalue weighted by atomic mass is 16.5. The monoisotopic (exact) mass is 167 g/mol. The van der Waals surface area contributed by atoms with Crippen LogP contribution >= 0.6 is 0 Å². The van der Waals surface area contributed by atoms with E-state index < -0.39 is 5.97 Å². The highest BCUT2D eigenvalue weighted by molar-refractivity contribution is 5.70. The van der Waals surface area contributed by atoms with Gasteiger partial charge >= 0.3 is 5.97 Å². The smallest absolute Gasteiger partial charge is 0.306 e. The van der Waals surface area contributed by atoms with Crippen molar-refractivity contribution in [3.8, 4) is 0 Å². The zero-order valence-corrected chi connectivity index (χ0v) is 6.49. The fourth-order valence-electron chi connectivity index (χ4n) is 1.52. The minimum Gasteiger partial charge on any atom is -0.481 e. The van der Waals surface area contributed by atoms with E-state index >= 15 is 0 Å². The number of fused-ring (bicyclic) bond motifs is 1.